The number of aromatic amines is 1. The first-order valence-electron chi connectivity index (χ1n) is 8.76. The summed E-state index contributed by atoms with van der Waals surface area (Å²) in [6.45, 7) is 2.27. The Kier molecular flexibility index (Phi) is 4.84. The summed E-state index contributed by atoms with van der Waals surface area (Å²) < 4.78 is 47.8. The number of hydrogen-bond donors (Lipinski definition) is 1. The molecular formula is C18H17F3N4O2S. The van der Waals surface area contributed by atoms with E-state index in [9.17, 15) is 18.0 Å². The molecule has 0 spiro atoms. The molecule has 1 aliphatic rings. The lowest BCUT2D eigenvalue weighted by Gasteiger charge is -2.08. The lowest BCUT2D eigenvalue weighted by molar-refractivity contribution is -0.141. The molecule has 148 valence electrons. The van der Waals surface area contributed by atoms with Gasteiger partial charge in [-0.3, -0.25) is 14.9 Å². The molecule has 0 aliphatic carbocycles. The fraction of sp³-hybridized carbons (Fsp3) is 0.389. The van der Waals surface area contributed by atoms with E-state index < -0.39 is 23.0 Å². The van der Waals surface area contributed by atoms with Crippen LogP contribution in [0.2, 0.25) is 0 Å². The number of rotatable bonds is 4. The van der Waals surface area contributed by atoms with E-state index in [1.165, 1.54) is 6.92 Å². The van der Waals surface area contributed by atoms with Crippen LogP contribution in [0.3, 0.4) is 0 Å². The number of para-hydroxylation sites is 1. The first-order chi connectivity index (χ1) is 13.3. The van der Waals surface area contributed by atoms with Gasteiger partial charge in [-0.2, -0.15) is 17.9 Å². The maximum absolute atomic E-state index is 13.6. The van der Waals surface area contributed by atoms with E-state index >= 15 is 0 Å². The molecule has 28 heavy (non-hydrogen) atoms. The van der Waals surface area contributed by atoms with Gasteiger partial charge in [-0.15, -0.1) is 0 Å². The van der Waals surface area contributed by atoms with E-state index in [1.54, 1.807) is 24.3 Å². The first kappa shape index (κ1) is 18.9. The van der Waals surface area contributed by atoms with E-state index in [0.717, 1.165) is 33.6 Å². The molecular weight excluding hydrogens is 393 g/mol. The number of thiazole rings is 1. The van der Waals surface area contributed by atoms with Gasteiger partial charge in [-0.05, 0) is 31.9 Å². The maximum atomic E-state index is 13.6. The number of halogens is 3. The number of nitrogens with one attached hydrogen (secondary N) is 1. The summed E-state index contributed by atoms with van der Waals surface area (Å²) in [5.74, 6) is 0. The van der Waals surface area contributed by atoms with Crippen LogP contribution < -0.4 is 5.56 Å². The van der Waals surface area contributed by atoms with Crippen LogP contribution in [0.25, 0.3) is 15.3 Å². The standard InChI is InChI=1S/C18H17F3N4O2S/c1-10(22-9-11-5-4-8-27-11)14-15(18(19,20)21)24-25(16(14)26)17-23-12-6-2-3-7-13(12)28-17/h2-3,6-7,11,24H,4-5,8-9H2,1H3/t11-/m0/s1. The fourth-order valence-electron chi connectivity index (χ4n) is 3.17. The van der Waals surface area contributed by atoms with E-state index in [2.05, 4.69) is 15.1 Å². The Balaban J connectivity index is 1.79. The smallest absolute Gasteiger partial charge is 0.376 e. The monoisotopic (exact) mass is 410 g/mol. The van der Waals surface area contributed by atoms with Gasteiger partial charge < -0.3 is 4.74 Å². The van der Waals surface area contributed by atoms with Crippen LogP contribution >= 0.6 is 11.3 Å². The molecule has 0 amide bonds. The molecule has 6 nitrogen and oxygen atoms in total. The minimum atomic E-state index is -4.73. The topological polar surface area (TPSA) is 72.3 Å². The van der Waals surface area contributed by atoms with E-state index in [1.807, 2.05) is 0 Å². The van der Waals surface area contributed by atoms with Crippen LogP contribution in [0, 0.1) is 0 Å². The van der Waals surface area contributed by atoms with Crippen molar-refractivity contribution in [2.45, 2.75) is 32.0 Å². The van der Waals surface area contributed by atoms with Gasteiger partial charge in [0.05, 0.1) is 28.4 Å². The summed E-state index contributed by atoms with van der Waals surface area (Å²) >= 11 is 1.14. The van der Waals surface area contributed by atoms with Crippen molar-refractivity contribution in [3.05, 3.63) is 45.9 Å². The van der Waals surface area contributed by atoms with Crippen molar-refractivity contribution < 1.29 is 17.9 Å². The lowest BCUT2D eigenvalue weighted by atomic mass is 10.1. The first-order valence-corrected chi connectivity index (χ1v) is 9.57. The van der Waals surface area contributed by atoms with Crippen molar-refractivity contribution in [2.24, 2.45) is 4.99 Å². The number of H-pyrrole nitrogens is 1. The van der Waals surface area contributed by atoms with E-state index in [0.29, 0.717) is 12.1 Å². The highest BCUT2D eigenvalue weighted by molar-refractivity contribution is 7.20. The molecule has 0 radical (unpaired) electrons. The minimum Gasteiger partial charge on any atom is -0.376 e. The average molecular weight is 410 g/mol. The van der Waals surface area contributed by atoms with Crippen molar-refractivity contribution in [3.63, 3.8) is 0 Å². The number of aliphatic imine (C=N–C) groups is 1. The Hall–Kier alpha value is -2.46. The molecule has 1 aliphatic heterocycles. The quantitative estimate of drug-likeness (QED) is 0.666. The van der Waals surface area contributed by atoms with E-state index in [4.69, 9.17) is 4.74 Å². The van der Waals surface area contributed by atoms with Crippen molar-refractivity contribution in [3.8, 4) is 5.13 Å². The Morgan fingerprint density at radius 1 is 1.43 bits per heavy atom. The summed E-state index contributed by atoms with van der Waals surface area (Å²) in [6.07, 6.45) is -3.13. The van der Waals surface area contributed by atoms with Gasteiger partial charge in [0.1, 0.15) is 0 Å². The molecule has 1 saturated heterocycles. The van der Waals surface area contributed by atoms with Crippen LogP contribution in [0.1, 0.15) is 31.0 Å². The van der Waals surface area contributed by atoms with Gasteiger partial charge in [-0.25, -0.2) is 4.98 Å². The zero-order valence-corrected chi connectivity index (χ0v) is 15.7. The summed E-state index contributed by atoms with van der Waals surface area (Å²) in [7, 11) is 0. The zero-order valence-electron chi connectivity index (χ0n) is 14.9. The Morgan fingerprint density at radius 2 is 2.21 bits per heavy atom. The number of alkyl halides is 3. The van der Waals surface area contributed by atoms with Crippen LogP contribution in [0.4, 0.5) is 13.2 Å². The van der Waals surface area contributed by atoms with E-state index in [-0.39, 0.29) is 23.5 Å². The third-order valence-electron chi connectivity index (χ3n) is 4.57. The second-order valence-corrected chi connectivity index (χ2v) is 7.53. The number of aromatic nitrogens is 3. The average Bonchev–Trinajstić information content (AvgIpc) is 3.36. The highest BCUT2D eigenvalue weighted by atomic mass is 32.1. The van der Waals surface area contributed by atoms with Gasteiger partial charge >= 0.3 is 6.18 Å². The zero-order chi connectivity index (χ0) is 19.9. The van der Waals surface area contributed by atoms with Crippen LogP contribution in [0.15, 0.2) is 34.1 Å². The predicted octanol–water partition coefficient (Wildman–Crippen LogP) is 3.78. The van der Waals surface area contributed by atoms with Gasteiger partial charge in [0.25, 0.3) is 5.56 Å². The van der Waals surface area contributed by atoms with Gasteiger partial charge in [0, 0.05) is 12.3 Å². The van der Waals surface area contributed by atoms with Crippen molar-refractivity contribution in [1.29, 1.82) is 0 Å². The molecule has 4 rings (SSSR count). The second kappa shape index (κ2) is 7.17. The number of nitrogens with zero attached hydrogens (tertiary/aromatic N) is 3. The molecule has 1 atom stereocenters. The predicted molar refractivity (Wildman–Crippen MR) is 101 cm³/mol. The molecule has 0 bridgehead atoms. The van der Waals surface area contributed by atoms with Crippen molar-refractivity contribution in [2.75, 3.05) is 13.2 Å². The fourth-order valence-corrected chi connectivity index (χ4v) is 4.10. The van der Waals surface area contributed by atoms with Crippen molar-refractivity contribution in [1.82, 2.24) is 14.8 Å². The van der Waals surface area contributed by atoms with Gasteiger partial charge in [-0.1, -0.05) is 23.5 Å². The minimum absolute atomic E-state index is 0.0314. The lowest BCUT2D eigenvalue weighted by Crippen LogP contribution is -2.21. The molecule has 3 heterocycles. The number of benzene rings is 1. The Morgan fingerprint density at radius 3 is 2.89 bits per heavy atom. The molecule has 3 aromatic rings. The normalized spacial score (nSPS) is 18.3. The third-order valence-corrected chi connectivity index (χ3v) is 5.59. The molecule has 0 saturated carbocycles. The summed E-state index contributed by atoms with van der Waals surface area (Å²) in [6, 6.07) is 7.11. The third kappa shape index (κ3) is 3.49. The molecule has 1 fully saturated rings. The van der Waals surface area contributed by atoms with Gasteiger partial charge in [0.2, 0.25) is 5.13 Å². The molecule has 0 unspecified atom stereocenters. The van der Waals surface area contributed by atoms with Crippen LogP contribution in [-0.4, -0.2) is 39.7 Å². The summed E-state index contributed by atoms with van der Waals surface area (Å²) in [5.41, 5.74) is -1.78. The van der Waals surface area contributed by atoms with Crippen molar-refractivity contribution >= 4 is 27.3 Å². The maximum Gasteiger partial charge on any atom is 0.433 e. The van der Waals surface area contributed by atoms with Gasteiger partial charge in [0.15, 0.2) is 5.69 Å². The summed E-state index contributed by atoms with van der Waals surface area (Å²) in [5, 5.41) is 2.34. The Labute approximate surface area is 161 Å². The van der Waals surface area contributed by atoms with Crippen LogP contribution in [0.5, 0.6) is 0 Å². The SMILES string of the molecule is CC(=NC[C@@H]1CCCO1)c1c(C(F)(F)F)[nH]n(-c2nc3ccccc3s2)c1=O. The highest BCUT2D eigenvalue weighted by Gasteiger charge is 2.39. The highest BCUT2D eigenvalue weighted by Crippen LogP contribution is 2.31. The molecule has 1 aromatic carbocycles. The molecule has 1 N–H and O–H groups in total. The van der Waals surface area contributed by atoms with Crippen LogP contribution in [-0.2, 0) is 10.9 Å². The molecule has 2 aromatic heterocycles. The number of hydrogen-bond acceptors (Lipinski definition) is 5. The number of ether oxygens (including phenoxy) is 1. The molecule has 10 heteroatoms. The summed E-state index contributed by atoms with van der Waals surface area (Å²) in [4.78, 5) is 21.3. The second-order valence-electron chi connectivity index (χ2n) is 6.53. The number of fused-ring (bicyclic) bond motifs is 1. The largest absolute Gasteiger partial charge is 0.433 e. The Bertz CT molecular complexity index is 1060.